The fourth-order valence-electron chi connectivity index (χ4n) is 2.94. The van der Waals surface area contributed by atoms with Gasteiger partial charge in [-0.25, -0.2) is 4.79 Å². The molecule has 2 N–H and O–H groups in total. The summed E-state index contributed by atoms with van der Waals surface area (Å²) in [4.78, 5) is 10.6. The minimum atomic E-state index is -1.11. The van der Waals surface area contributed by atoms with E-state index in [1.165, 1.54) is 57.8 Å². The standard InChI is InChI=1S/C24H35NO2/c1-2-3-4-5-6-7-8-9-10-11-12-13-16-21-25-23-18-15-14-17-22(23)19-20-24(26)27/h11-12,14-15,17-18,25H,2-10,13,16,21H2,1H3,(H,26,27). The van der Waals surface area contributed by atoms with Crippen LogP contribution in [-0.2, 0) is 4.79 Å². The van der Waals surface area contributed by atoms with E-state index in [1.54, 1.807) is 0 Å². The number of carboxylic acid groups (broad SMARTS) is 1. The lowest BCUT2D eigenvalue weighted by Crippen LogP contribution is -2.02. The maximum Gasteiger partial charge on any atom is 0.382 e. The van der Waals surface area contributed by atoms with Crippen molar-refractivity contribution in [2.24, 2.45) is 0 Å². The summed E-state index contributed by atoms with van der Waals surface area (Å²) in [6.07, 6.45) is 18.8. The predicted octanol–water partition coefficient (Wildman–Crippen LogP) is 6.40. The van der Waals surface area contributed by atoms with Gasteiger partial charge in [0.05, 0.1) is 0 Å². The summed E-state index contributed by atoms with van der Waals surface area (Å²) in [5, 5.41) is 12.0. The molecule has 0 saturated carbocycles. The molecule has 0 bridgehead atoms. The van der Waals surface area contributed by atoms with Crippen molar-refractivity contribution in [3.05, 3.63) is 42.0 Å². The van der Waals surface area contributed by atoms with Crippen LogP contribution in [0.5, 0.6) is 0 Å². The van der Waals surface area contributed by atoms with E-state index >= 15 is 0 Å². The predicted molar refractivity (Wildman–Crippen MR) is 115 cm³/mol. The first-order valence-electron chi connectivity index (χ1n) is 10.5. The van der Waals surface area contributed by atoms with Crippen LogP contribution < -0.4 is 5.32 Å². The van der Waals surface area contributed by atoms with Crippen molar-refractivity contribution in [2.75, 3.05) is 11.9 Å². The van der Waals surface area contributed by atoms with Crippen LogP contribution in [0.25, 0.3) is 0 Å². The van der Waals surface area contributed by atoms with Gasteiger partial charge in [0.25, 0.3) is 0 Å². The molecule has 0 aliphatic heterocycles. The first kappa shape index (κ1) is 22.8. The van der Waals surface area contributed by atoms with Gasteiger partial charge in [-0.3, -0.25) is 0 Å². The Morgan fingerprint density at radius 1 is 0.963 bits per heavy atom. The van der Waals surface area contributed by atoms with Gasteiger partial charge >= 0.3 is 5.97 Å². The van der Waals surface area contributed by atoms with E-state index in [1.807, 2.05) is 24.3 Å². The highest BCUT2D eigenvalue weighted by Crippen LogP contribution is 2.14. The number of rotatable bonds is 14. The second kappa shape index (κ2) is 16.0. The number of allylic oxidation sites excluding steroid dienone is 2. The van der Waals surface area contributed by atoms with Crippen LogP contribution in [0.15, 0.2) is 36.4 Å². The Morgan fingerprint density at radius 2 is 1.59 bits per heavy atom. The number of unbranched alkanes of at least 4 members (excludes halogenated alkanes) is 9. The van der Waals surface area contributed by atoms with E-state index in [4.69, 9.17) is 5.11 Å². The number of carboxylic acids is 1. The van der Waals surface area contributed by atoms with Crippen LogP contribution in [0, 0.1) is 11.8 Å². The van der Waals surface area contributed by atoms with Crippen molar-refractivity contribution in [3.63, 3.8) is 0 Å². The van der Waals surface area contributed by atoms with Crippen molar-refractivity contribution in [1.82, 2.24) is 0 Å². The average Bonchev–Trinajstić information content (AvgIpc) is 2.67. The molecule has 27 heavy (non-hydrogen) atoms. The smallest absolute Gasteiger partial charge is 0.382 e. The highest BCUT2D eigenvalue weighted by atomic mass is 16.4. The van der Waals surface area contributed by atoms with E-state index < -0.39 is 5.97 Å². The minimum Gasteiger partial charge on any atom is -0.472 e. The van der Waals surface area contributed by atoms with Crippen LogP contribution in [0.1, 0.15) is 83.1 Å². The topological polar surface area (TPSA) is 49.3 Å². The van der Waals surface area contributed by atoms with Gasteiger partial charge in [-0.2, -0.15) is 0 Å². The lowest BCUT2D eigenvalue weighted by molar-refractivity contribution is -0.130. The molecular formula is C24H35NO2. The fraction of sp³-hybridized carbons (Fsp3) is 0.542. The number of para-hydroxylation sites is 1. The van der Waals surface area contributed by atoms with Gasteiger partial charge in [0, 0.05) is 23.7 Å². The molecule has 148 valence electrons. The Labute approximate surface area is 165 Å². The van der Waals surface area contributed by atoms with Gasteiger partial charge in [-0.15, -0.1) is 0 Å². The Bertz CT molecular complexity index is 610. The van der Waals surface area contributed by atoms with Gasteiger partial charge in [0.1, 0.15) is 0 Å². The summed E-state index contributed by atoms with van der Waals surface area (Å²) in [6, 6.07) is 7.56. The number of benzene rings is 1. The van der Waals surface area contributed by atoms with E-state index in [0.717, 1.165) is 30.6 Å². The third-order valence-corrected chi connectivity index (χ3v) is 4.49. The molecule has 0 fully saturated rings. The number of hydrogen-bond acceptors (Lipinski definition) is 2. The lowest BCUT2D eigenvalue weighted by atomic mass is 10.1. The molecule has 0 unspecified atom stereocenters. The maximum absolute atomic E-state index is 10.6. The molecule has 0 aliphatic carbocycles. The normalized spacial score (nSPS) is 10.6. The molecule has 0 aliphatic rings. The van der Waals surface area contributed by atoms with E-state index in [9.17, 15) is 4.79 Å². The first-order valence-corrected chi connectivity index (χ1v) is 10.5. The Kier molecular flexibility index (Phi) is 13.5. The molecule has 0 saturated heterocycles. The molecule has 1 aromatic carbocycles. The quantitative estimate of drug-likeness (QED) is 0.226. The SMILES string of the molecule is CCCCCCCCCCC=CCCCNc1ccccc1C#CC(=O)O. The van der Waals surface area contributed by atoms with Gasteiger partial charge < -0.3 is 10.4 Å². The largest absolute Gasteiger partial charge is 0.472 e. The third-order valence-electron chi connectivity index (χ3n) is 4.49. The summed E-state index contributed by atoms with van der Waals surface area (Å²) in [5.41, 5.74) is 1.62. The zero-order chi connectivity index (χ0) is 19.6. The Balaban J connectivity index is 2.07. The van der Waals surface area contributed by atoms with Crippen LogP contribution in [0.3, 0.4) is 0 Å². The number of nitrogens with one attached hydrogen (secondary N) is 1. The molecule has 1 rings (SSSR count). The van der Waals surface area contributed by atoms with Gasteiger partial charge in [-0.1, -0.05) is 82.1 Å². The monoisotopic (exact) mass is 369 g/mol. The summed E-state index contributed by atoms with van der Waals surface area (Å²) >= 11 is 0. The molecule has 0 amide bonds. The molecule has 1 aromatic rings. The Hall–Kier alpha value is -2.21. The van der Waals surface area contributed by atoms with Crippen molar-refractivity contribution >= 4 is 11.7 Å². The second-order valence-electron chi connectivity index (χ2n) is 6.90. The first-order chi connectivity index (χ1) is 13.2. The van der Waals surface area contributed by atoms with E-state index in [0.29, 0.717) is 0 Å². The summed E-state index contributed by atoms with van der Waals surface area (Å²) in [5.74, 6) is 3.75. The second-order valence-corrected chi connectivity index (χ2v) is 6.90. The maximum atomic E-state index is 10.6. The molecule has 0 atom stereocenters. The molecule has 3 nitrogen and oxygen atoms in total. The molecule has 0 spiro atoms. The van der Waals surface area contributed by atoms with Crippen LogP contribution in [0.4, 0.5) is 5.69 Å². The van der Waals surface area contributed by atoms with Crippen molar-refractivity contribution in [1.29, 1.82) is 0 Å². The molecule has 3 heteroatoms. The van der Waals surface area contributed by atoms with Crippen molar-refractivity contribution < 1.29 is 9.90 Å². The lowest BCUT2D eigenvalue weighted by Gasteiger charge is -2.07. The van der Waals surface area contributed by atoms with Gasteiger partial charge in [0.15, 0.2) is 0 Å². The number of anilines is 1. The van der Waals surface area contributed by atoms with Crippen LogP contribution in [-0.4, -0.2) is 17.6 Å². The average molecular weight is 370 g/mol. The molecule has 0 radical (unpaired) electrons. The zero-order valence-electron chi connectivity index (χ0n) is 16.8. The van der Waals surface area contributed by atoms with Crippen LogP contribution in [0.2, 0.25) is 0 Å². The molecular weight excluding hydrogens is 334 g/mol. The fourth-order valence-corrected chi connectivity index (χ4v) is 2.94. The highest BCUT2D eigenvalue weighted by molar-refractivity contribution is 5.87. The summed E-state index contributed by atoms with van der Waals surface area (Å²) < 4.78 is 0. The Morgan fingerprint density at radius 3 is 2.30 bits per heavy atom. The van der Waals surface area contributed by atoms with E-state index in [2.05, 4.69) is 36.2 Å². The number of carbonyl (C=O) groups is 1. The third kappa shape index (κ3) is 12.7. The van der Waals surface area contributed by atoms with Crippen molar-refractivity contribution in [3.8, 4) is 11.8 Å². The summed E-state index contributed by atoms with van der Waals surface area (Å²) in [6.45, 7) is 3.12. The molecule has 0 heterocycles. The molecule has 0 aromatic heterocycles. The van der Waals surface area contributed by atoms with Gasteiger partial charge in [0.2, 0.25) is 0 Å². The number of hydrogen-bond donors (Lipinski definition) is 2. The van der Waals surface area contributed by atoms with E-state index in [-0.39, 0.29) is 0 Å². The van der Waals surface area contributed by atoms with Crippen LogP contribution >= 0.6 is 0 Å². The van der Waals surface area contributed by atoms with Crippen molar-refractivity contribution in [2.45, 2.75) is 77.6 Å². The van der Waals surface area contributed by atoms with Gasteiger partial charge in [-0.05, 0) is 37.8 Å². The highest BCUT2D eigenvalue weighted by Gasteiger charge is 1.98. The minimum absolute atomic E-state index is 0.727. The zero-order valence-corrected chi connectivity index (χ0v) is 16.8. The number of aliphatic carboxylic acids is 1. The summed E-state index contributed by atoms with van der Waals surface area (Å²) in [7, 11) is 0.